The molecule has 7 heteroatoms. The summed E-state index contributed by atoms with van der Waals surface area (Å²) in [6, 6.07) is 6.86. The molecular formula is C13H17N5O2. The minimum absolute atomic E-state index is 0.172. The average molecular weight is 275 g/mol. The topological polar surface area (TPSA) is 77.0 Å². The Morgan fingerprint density at radius 1 is 1.35 bits per heavy atom. The first kappa shape index (κ1) is 13.9. The molecule has 0 atom stereocenters. The van der Waals surface area contributed by atoms with E-state index in [0.29, 0.717) is 5.69 Å². The Morgan fingerprint density at radius 3 is 2.50 bits per heavy atom. The summed E-state index contributed by atoms with van der Waals surface area (Å²) in [4.78, 5) is 30.2. The number of nitrogens with one attached hydrogen (secondary N) is 2. The van der Waals surface area contributed by atoms with Gasteiger partial charge in [0, 0.05) is 32.5 Å². The number of anilines is 2. The molecule has 0 aromatic heterocycles. The highest BCUT2D eigenvalue weighted by Gasteiger charge is 2.22. The van der Waals surface area contributed by atoms with Crippen molar-refractivity contribution in [3.05, 3.63) is 24.3 Å². The van der Waals surface area contributed by atoms with E-state index in [4.69, 9.17) is 0 Å². The molecule has 0 spiro atoms. The van der Waals surface area contributed by atoms with Crippen molar-refractivity contribution in [3.8, 4) is 0 Å². The van der Waals surface area contributed by atoms with E-state index in [1.165, 1.54) is 0 Å². The SMILES string of the molecule is CN1CC(=O)N/C1=N\C(=O)Nc1ccc(N(C)C)cc1. The summed E-state index contributed by atoms with van der Waals surface area (Å²) >= 11 is 0. The van der Waals surface area contributed by atoms with E-state index in [-0.39, 0.29) is 18.4 Å². The van der Waals surface area contributed by atoms with Crippen molar-refractivity contribution >= 4 is 29.3 Å². The van der Waals surface area contributed by atoms with Crippen LogP contribution in [0.5, 0.6) is 0 Å². The molecule has 106 valence electrons. The molecule has 7 nitrogen and oxygen atoms in total. The fraction of sp³-hybridized carbons (Fsp3) is 0.308. The van der Waals surface area contributed by atoms with Gasteiger partial charge in [0.15, 0.2) is 0 Å². The summed E-state index contributed by atoms with van der Waals surface area (Å²) in [5.41, 5.74) is 1.69. The normalized spacial score (nSPS) is 16.2. The molecule has 0 bridgehead atoms. The van der Waals surface area contributed by atoms with Gasteiger partial charge in [-0.15, -0.1) is 0 Å². The Hall–Kier alpha value is -2.57. The highest BCUT2D eigenvalue weighted by molar-refractivity contribution is 6.09. The van der Waals surface area contributed by atoms with Crippen LogP contribution in [0.3, 0.4) is 0 Å². The molecule has 1 saturated heterocycles. The monoisotopic (exact) mass is 275 g/mol. The van der Waals surface area contributed by atoms with Crippen molar-refractivity contribution in [2.45, 2.75) is 0 Å². The Morgan fingerprint density at radius 2 is 2.00 bits per heavy atom. The Labute approximate surface area is 117 Å². The molecule has 20 heavy (non-hydrogen) atoms. The van der Waals surface area contributed by atoms with Gasteiger partial charge in [0.1, 0.15) is 0 Å². The van der Waals surface area contributed by atoms with Crippen LogP contribution in [-0.2, 0) is 4.79 Å². The molecular weight excluding hydrogens is 258 g/mol. The van der Waals surface area contributed by atoms with Crippen molar-refractivity contribution in [1.82, 2.24) is 10.2 Å². The number of carbonyl (C=O) groups is 2. The van der Waals surface area contributed by atoms with Gasteiger partial charge in [0.2, 0.25) is 11.9 Å². The van der Waals surface area contributed by atoms with Crippen molar-refractivity contribution in [3.63, 3.8) is 0 Å². The van der Waals surface area contributed by atoms with Gasteiger partial charge in [-0.3, -0.25) is 10.1 Å². The second-order valence-electron chi connectivity index (χ2n) is 4.71. The fourth-order valence-electron chi connectivity index (χ4n) is 1.75. The summed E-state index contributed by atoms with van der Waals surface area (Å²) in [6.07, 6.45) is 0. The molecule has 1 heterocycles. The number of rotatable bonds is 2. The predicted molar refractivity (Wildman–Crippen MR) is 78.0 cm³/mol. The number of benzene rings is 1. The quantitative estimate of drug-likeness (QED) is 0.833. The number of nitrogens with zero attached hydrogens (tertiary/aromatic N) is 3. The van der Waals surface area contributed by atoms with E-state index >= 15 is 0 Å². The number of urea groups is 1. The standard InChI is InChI=1S/C13H17N5O2/c1-17(2)10-6-4-9(5-7-10)14-13(20)16-12-15-11(19)8-18(12)3/h4-7H,8H2,1-3H3,(H2,14,15,16,19,20). The lowest BCUT2D eigenvalue weighted by atomic mass is 10.2. The van der Waals surface area contributed by atoms with Crippen LogP contribution in [0, 0.1) is 0 Å². The smallest absolute Gasteiger partial charge is 0.348 e. The molecule has 0 saturated carbocycles. The third-order valence-corrected chi connectivity index (χ3v) is 2.84. The zero-order valence-corrected chi connectivity index (χ0v) is 11.7. The van der Waals surface area contributed by atoms with Crippen LogP contribution in [0.4, 0.5) is 16.2 Å². The van der Waals surface area contributed by atoms with Crippen LogP contribution in [0.1, 0.15) is 0 Å². The van der Waals surface area contributed by atoms with Crippen molar-refractivity contribution < 1.29 is 9.59 Å². The van der Waals surface area contributed by atoms with Gasteiger partial charge in [-0.05, 0) is 24.3 Å². The lowest BCUT2D eigenvalue weighted by Gasteiger charge is -2.12. The predicted octanol–water partition coefficient (Wildman–Crippen LogP) is 0.702. The van der Waals surface area contributed by atoms with Crippen molar-refractivity contribution in [2.24, 2.45) is 4.99 Å². The number of carbonyl (C=O) groups excluding carboxylic acids is 2. The van der Waals surface area contributed by atoms with Crippen LogP contribution in [0.15, 0.2) is 29.3 Å². The third kappa shape index (κ3) is 3.25. The molecule has 0 unspecified atom stereocenters. The maximum absolute atomic E-state index is 11.8. The molecule has 2 N–H and O–H groups in total. The molecule has 1 fully saturated rings. The first-order chi connectivity index (χ1) is 9.45. The first-order valence-electron chi connectivity index (χ1n) is 6.14. The third-order valence-electron chi connectivity index (χ3n) is 2.84. The van der Waals surface area contributed by atoms with Gasteiger partial charge in [0.25, 0.3) is 0 Å². The number of aliphatic imine (C=N–C) groups is 1. The average Bonchev–Trinajstić information content (AvgIpc) is 2.68. The molecule has 3 amide bonds. The second kappa shape index (κ2) is 5.60. The number of amides is 3. The van der Waals surface area contributed by atoms with E-state index in [9.17, 15) is 9.59 Å². The number of hydrogen-bond donors (Lipinski definition) is 2. The molecule has 1 aliphatic rings. The minimum atomic E-state index is -0.522. The fourth-order valence-corrected chi connectivity index (χ4v) is 1.75. The van der Waals surface area contributed by atoms with Gasteiger partial charge < -0.3 is 15.1 Å². The summed E-state index contributed by atoms with van der Waals surface area (Å²) in [5.74, 6) is 0.0896. The highest BCUT2D eigenvalue weighted by Crippen LogP contribution is 2.15. The number of likely N-dealkylation sites (N-methyl/N-ethyl adjacent to an activating group) is 1. The lowest BCUT2D eigenvalue weighted by molar-refractivity contribution is -0.118. The maximum Gasteiger partial charge on any atom is 0.348 e. The van der Waals surface area contributed by atoms with E-state index in [2.05, 4.69) is 15.6 Å². The molecule has 1 aliphatic heterocycles. The van der Waals surface area contributed by atoms with Crippen molar-refractivity contribution in [1.29, 1.82) is 0 Å². The minimum Gasteiger partial charge on any atom is -0.378 e. The van der Waals surface area contributed by atoms with Gasteiger partial charge in [-0.1, -0.05) is 0 Å². The highest BCUT2D eigenvalue weighted by atomic mass is 16.2. The van der Waals surface area contributed by atoms with Crippen LogP contribution in [0.25, 0.3) is 0 Å². The van der Waals surface area contributed by atoms with Crippen LogP contribution < -0.4 is 15.5 Å². The zero-order valence-electron chi connectivity index (χ0n) is 11.7. The molecule has 1 aromatic carbocycles. The van der Waals surface area contributed by atoms with E-state index < -0.39 is 6.03 Å². The maximum atomic E-state index is 11.8. The number of hydrogen-bond acceptors (Lipinski definition) is 3. The number of guanidine groups is 1. The molecule has 2 rings (SSSR count). The molecule has 0 aliphatic carbocycles. The van der Waals surface area contributed by atoms with Crippen molar-refractivity contribution in [2.75, 3.05) is 37.9 Å². The van der Waals surface area contributed by atoms with E-state index in [0.717, 1.165) is 5.69 Å². The van der Waals surface area contributed by atoms with Crippen LogP contribution >= 0.6 is 0 Å². The van der Waals surface area contributed by atoms with E-state index in [1.54, 1.807) is 24.1 Å². The first-order valence-corrected chi connectivity index (χ1v) is 6.14. The Kier molecular flexibility index (Phi) is 3.88. The van der Waals surface area contributed by atoms with E-state index in [1.807, 2.05) is 31.1 Å². The summed E-state index contributed by atoms with van der Waals surface area (Å²) in [7, 11) is 5.58. The Balaban J connectivity index is 2.01. The Bertz CT molecular complexity index is 550. The molecule has 0 radical (unpaired) electrons. The summed E-state index contributed by atoms with van der Waals surface area (Å²) in [6.45, 7) is 0.212. The lowest BCUT2D eigenvalue weighted by Crippen LogP contribution is -2.29. The van der Waals surface area contributed by atoms with Crippen LogP contribution in [0.2, 0.25) is 0 Å². The van der Waals surface area contributed by atoms with Gasteiger partial charge in [-0.25, -0.2) is 4.79 Å². The second-order valence-corrected chi connectivity index (χ2v) is 4.71. The van der Waals surface area contributed by atoms with Crippen LogP contribution in [-0.4, -0.2) is 50.5 Å². The molecule has 1 aromatic rings. The van der Waals surface area contributed by atoms with Gasteiger partial charge >= 0.3 is 6.03 Å². The zero-order chi connectivity index (χ0) is 14.7. The largest absolute Gasteiger partial charge is 0.378 e. The summed E-state index contributed by atoms with van der Waals surface area (Å²) in [5, 5.41) is 5.16. The van der Waals surface area contributed by atoms with Gasteiger partial charge in [-0.2, -0.15) is 4.99 Å². The summed E-state index contributed by atoms with van der Waals surface area (Å²) < 4.78 is 0. The van der Waals surface area contributed by atoms with Gasteiger partial charge in [0.05, 0.1) is 6.54 Å².